The van der Waals surface area contributed by atoms with E-state index in [1.807, 2.05) is 14.1 Å². The molecule has 0 radical (unpaired) electrons. The Hall–Kier alpha value is -1.53. The second kappa shape index (κ2) is 8.60. The van der Waals surface area contributed by atoms with Crippen molar-refractivity contribution < 1.29 is 13.9 Å². The first-order valence-electron chi connectivity index (χ1n) is 6.59. The Balaban J connectivity index is 2.65. The molecule has 0 saturated carbocycles. The number of ether oxygens (including phenoxy) is 1. The van der Waals surface area contributed by atoms with Crippen LogP contribution in [0.4, 0.5) is 4.39 Å². The fraction of sp³-hybridized carbons (Fsp3) is 0.571. The molecule has 0 aliphatic carbocycles. The van der Waals surface area contributed by atoms with E-state index in [1.54, 1.807) is 12.0 Å². The van der Waals surface area contributed by atoms with Crippen molar-refractivity contribution in [2.45, 2.75) is 6.42 Å². The van der Waals surface area contributed by atoms with Crippen LogP contribution in [0.1, 0.15) is 16.8 Å². The van der Waals surface area contributed by atoms with Gasteiger partial charge in [-0.05, 0) is 39.2 Å². The molecule has 1 aromatic rings. The van der Waals surface area contributed by atoms with Crippen molar-refractivity contribution in [2.24, 2.45) is 0 Å². The van der Waals surface area contributed by atoms with Crippen LogP contribution >= 0.6 is 0 Å². The minimum Gasteiger partial charge on any atom is -0.383 e. The first kappa shape index (κ1) is 16.5. The van der Waals surface area contributed by atoms with E-state index in [4.69, 9.17) is 4.74 Å². The van der Waals surface area contributed by atoms with Crippen LogP contribution in [0.5, 0.6) is 0 Å². The summed E-state index contributed by atoms with van der Waals surface area (Å²) >= 11 is 0. The van der Waals surface area contributed by atoms with Crippen LogP contribution in [0.15, 0.2) is 18.3 Å². The van der Waals surface area contributed by atoms with E-state index < -0.39 is 5.95 Å². The molecule has 112 valence electrons. The molecule has 1 rings (SSSR count). The quantitative estimate of drug-likeness (QED) is 0.674. The number of hydrogen-bond acceptors (Lipinski definition) is 4. The summed E-state index contributed by atoms with van der Waals surface area (Å²) in [7, 11) is 5.58. The van der Waals surface area contributed by atoms with Gasteiger partial charge < -0.3 is 14.5 Å². The van der Waals surface area contributed by atoms with E-state index in [-0.39, 0.29) is 5.91 Å². The summed E-state index contributed by atoms with van der Waals surface area (Å²) in [5.74, 6) is -0.731. The molecule has 20 heavy (non-hydrogen) atoms. The summed E-state index contributed by atoms with van der Waals surface area (Å²) in [5.41, 5.74) is 0.396. The standard InChI is InChI=1S/C14H22FN3O2/c1-17(2)7-4-8-18(9-10-20-3)14(19)12-5-6-13(15)16-11-12/h5-6,11H,4,7-10H2,1-3H3. The Morgan fingerprint density at radius 2 is 2.05 bits per heavy atom. The van der Waals surface area contributed by atoms with Crippen LogP contribution in [0.3, 0.4) is 0 Å². The molecule has 6 heteroatoms. The van der Waals surface area contributed by atoms with Gasteiger partial charge in [-0.1, -0.05) is 0 Å². The maximum atomic E-state index is 12.8. The van der Waals surface area contributed by atoms with E-state index in [9.17, 15) is 9.18 Å². The largest absolute Gasteiger partial charge is 0.383 e. The Bertz CT molecular complexity index is 409. The number of carbonyl (C=O) groups is 1. The van der Waals surface area contributed by atoms with Crippen LogP contribution in [0.25, 0.3) is 0 Å². The third-order valence-corrected chi connectivity index (χ3v) is 2.86. The van der Waals surface area contributed by atoms with Gasteiger partial charge in [0.1, 0.15) is 0 Å². The predicted octanol–water partition coefficient (Wildman–Crippen LogP) is 1.26. The molecule has 5 nitrogen and oxygen atoms in total. The van der Waals surface area contributed by atoms with Crippen molar-refractivity contribution in [2.75, 3.05) is 47.4 Å². The Labute approximate surface area is 119 Å². The molecule has 1 amide bonds. The molecule has 1 aromatic heterocycles. The number of pyridine rings is 1. The zero-order valence-corrected chi connectivity index (χ0v) is 12.3. The van der Waals surface area contributed by atoms with Crippen molar-refractivity contribution in [1.82, 2.24) is 14.8 Å². The van der Waals surface area contributed by atoms with Gasteiger partial charge in [0.25, 0.3) is 5.91 Å². The lowest BCUT2D eigenvalue weighted by molar-refractivity contribution is 0.0688. The zero-order valence-electron chi connectivity index (χ0n) is 12.3. The summed E-state index contributed by atoms with van der Waals surface area (Å²) < 4.78 is 17.8. The van der Waals surface area contributed by atoms with E-state index in [0.717, 1.165) is 13.0 Å². The topological polar surface area (TPSA) is 45.7 Å². The van der Waals surface area contributed by atoms with Gasteiger partial charge in [0.15, 0.2) is 0 Å². The molecule has 0 aromatic carbocycles. The maximum Gasteiger partial charge on any atom is 0.255 e. The monoisotopic (exact) mass is 283 g/mol. The molecule has 0 aliphatic heterocycles. The lowest BCUT2D eigenvalue weighted by Gasteiger charge is -2.23. The van der Waals surface area contributed by atoms with E-state index in [2.05, 4.69) is 9.88 Å². The van der Waals surface area contributed by atoms with Crippen LogP contribution in [-0.2, 0) is 4.74 Å². The summed E-state index contributed by atoms with van der Waals surface area (Å²) in [6, 6.07) is 2.65. The lowest BCUT2D eigenvalue weighted by Crippen LogP contribution is -2.36. The molecule has 0 bridgehead atoms. The average molecular weight is 283 g/mol. The van der Waals surface area contributed by atoms with Crippen LogP contribution in [-0.4, -0.2) is 68.1 Å². The van der Waals surface area contributed by atoms with E-state index in [1.165, 1.54) is 18.3 Å². The van der Waals surface area contributed by atoms with Crippen molar-refractivity contribution >= 4 is 5.91 Å². The number of hydrogen-bond donors (Lipinski definition) is 0. The molecule has 0 unspecified atom stereocenters. The normalized spacial score (nSPS) is 10.8. The van der Waals surface area contributed by atoms with Crippen molar-refractivity contribution in [3.8, 4) is 0 Å². The summed E-state index contributed by atoms with van der Waals surface area (Å²) in [4.78, 5) is 19.6. The second-order valence-electron chi connectivity index (χ2n) is 4.81. The minimum absolute atomic E-state index is 0.145. The number of amides is 1. The smallest absolute Gasteiger partial charge is 0.255 e. The SMILES string of the molecule is COCCN(CCCN(C)C)C(=O)c1ccc(F)nc1. The van der Waals surface area contributed by atoms with Gasteiger partial charge in [-0.3, -0.25) is 4.79 Å². The molecule has 0 fully saturated rings. The maximum absolute atomic E-state index is 12.8. The molecule has 1 heterocycles. The van der Waals surface area contributed by atoms with Crippen molar-refractivity contribution in [3.05, 3.63) is 29.8 Å². The van der Waals surface area contributed by atoms with Crippen molar-refractivity contribution in [1.29, 1.82) is 0 Å². The number of halogens is 1. The molecule has 0 saturated heterocycles. The van der Waals surface area contributed by atoms with Gasteiger partial charge in [-0.2, -0.15) is 4.39 Å². The van der Waals surface area contributed by atoms with Gasteiger partial charge >= 0.3 is 0 Å². The Morgan fingerprint density at radius 1 is 1.30 bits per heavy atom. The van der Waals surface area contributed by atoms with E-state index >= 15 is 0 Å². The minimum atomic E-state index is -0.586. The third kappa shape index (κ3) is 5.63. The number of aromatic nitrogens is 1. The molecular weight excluding hydrogens is 261 g/mol. The fourth-order valence-electron chi connectivity index (χ4n) is 1.78. The summed E-state index contributed by atoms with van der Waals surface area (Å²) in [6.07, 6.45) is 2.14. The van der Waals surface area contributed by atoms with Gasteiger partial charge in [-0.15, -0.1) is 0 Å². The molecule has 0 atom stereocenters. The highest BCUT2D eigenvalue weighted by Gasteiger charge is 2.15. The average Bonchev–Trinajstić information content (AvgIpc) is 2.42. The van der Waals surface area contributed by atoms with Gasteiger partial charge in [0, 0.05) is 26.4 Å². The highest BCUT2D eigenvalue weighted by atomic mass is 19.1. The number of nitrogens with zero attached hydrogens (tertiary/aromatic N) is 3. The lowest BCUT2D eigenvalue weighted by atomic mass is 10.2. The summed E-state index contributed by atoms with van der Waals surface area (Å²) in [5, 5.41) is 0. The number of rotatable bonds is 8. The van der Waals surface area contributed by atoms with Crippen LogP contribution < -0.4 is 0 Å². The van der Waals surface area contributed by atoms with Gasteiger partial charge in [-0.25, -0.2) is 4.98 Å². The zero-order chi connectivity index (χ0) is 15.0. The van der Waals surface area contributed by atoms with Gasteiger partial charge in [0.05, 0.1) is 12.2 Å². The Kier molecular flexibility index (Phi) is 7.11. The fourth-order valence-corrected chi connectivity index (χ4v) is 1.78. The molecule has 0 spiro atoms. The third-order valence-electron chi connectivity index (χ3n) is 2.86. The van der Waals surface area contributed by atoms with Crippen LogP contribution in [0.2, 0.25) is 0 Å². The first-order valence-corrected chi connectivity index (χ1v) is 6.59. The number of carbonyl (C=O) groups excluding carboxylic acids is 1. The first-order chi connectivity index (χ1) is 9.54. The molecule has 0 aliphatic rings. The number of methoxy groups -OCH3 is 1. The van der Waals surface area contributed by atoms with E-state index in [0.29, 0.717) is 25.3 Å². The van der Waals surface area contributed by atoms with Gasteiger partial charge in [0.2, 0.25) is 5.95 Å². The summed E-state index contributed by atoms with van der Waals surface area (Å²) in [6.45, 7) is 2.53. The predicted molar refractivity (Wildman–Crippen MR) is 75.1 cm³/mol. The second-order valence-corrected chi connectivity index (χ2v) is 4.81. The van der Waals surface area contributed by atoms with Crippen molar-refractivity contribution in [3.63, 3.8) is 0 Å². The molecular formula is C14H22FN3O2. The highest BCUT2D eigenvalue weighted by molar-refractivity contribution is 5.93. The highest BCUT2D eigenvalue weighted by Crippen LogP contribution is 2.06. The molecule has 0 N–H and O–H groups in total. The Morgan fingerprint density at radius 3 is 2.60 bits per heavy atom. The van der Waals surface area contributed by atoms with Crippen LogP contribution in [0, 0.1) is 5.95 Å².